The zero-order valence-electron chi connectivity index (χ0n) is 14.8. The van der Waals surface area contributed by atoms with Crippen LogP contribution >= 0.6 is 39.1 Å². The van der Waals surface area contributed by atoms with Crippen LogP contribution in [0, 0.1) is 0 Å². The van der Waals surface area contributed by atoms with E-state index < -0.39 is 22.5 Å². The summed E-state index contributed by atoms with van der Waals surface area (Å²) in [5.74, 6) is -0.522. The Balaban J connectivity index is 1.92. The van der Waals surface area contributed by atoms with Crippen molar-refractivity contribution in [2.45, 2.75) is 4.90 Å². The Morgan fingerprint density at radius 2 is 1.59 bits per heavy atom. The second-order valence-electron chi connectivity index (χ2n) is 5.98. The van der Waals surface area contributed by atoms with Crippen LogP contribution in [0.2, 0.25) is 10.0 Å². The Kier molecular flexibility index (Phi) is 6.85. The van der Waals surface area contributed by atoms with Crippen LogP contribution in [-0.2, 0) is 14.8 Å². The van der Waals surface area contributed by atoms with Crippen LogP contribution < -0.4 is 9.62 Å². The van der Waals surface area contributed by atoms with Gasteiger partial charge in [0.25, 0.3) is 10.0 Å². The van der Waals surface area contributed by atoms with Gasteiger partial charge < -0.3 is 5.32 Å². The Labute approximate surface area is 187 Å². The van der Waals surface area contributed by atoms with E-state index in [9.17, 15) is 13.2 Å². The Hall–Kier alpha value is -2.06. The number of nitrogens with one attached hydrogen (secondary N) is 1. The molecule has 0 aliphatic rings. The first-order chi connectivity index (χ1) is 13.8. The maximum absolute atomic E-state index is 13.2. The van der Waals surface area contributed by atoms with Crippen LogP contribution in [-0.4, -0.2) is 20.9 Å². The molecular formula is C20H15BrCl2N2O3S. The first kappa shape index (κ1) is 21.6. The van der Waals surface area contributed by atoms with Crippen LogP contribution in [0.5, 0.6) is 0 Å². The van der Waals surface area contributed by atoms with Gasteiger partial charge in [-0.2, -0.15) is 0 Å². The Bertz CT molecular complexity index is 1120. The molecule has 1 N–H and O–H groups in total. The van der Waals surface area contributed by atoms with Gasteiger partial charge in [-0.1, -0.05) is 57.3 Å². The molecule has 3 aromatic carbocycles. The summed E-state index contributed by atoms with van der Waals surface area (Å²) < 4.78 is 28.2. The predicted molar refractivity (Wildman–Crippen MR) is 120 cm³/mol. The monoisotopic (exact) mass is 512 g/mol. The van der Waals surface area contributed by atoms with E-state index in [-0.39, 0.29) is 9.92 Å². The van der Waals surface area contributed by atoms with E-state index in [4.69, 9.17) is 23.2 Å². The molecule has 0 atom stereocenters. The first-order valence-corrected chi connectivity index (χ1v) is 11.3. The van der Waals surface area contributed by atoms with E-state index in [1.165, 1.54) is 18.2 Å². The van der Waals surface area contributed by atoms with E-state index in [1.54, 1.807) is 54.6 Å². The highest BCUT2D eigenvalue weighted by atomic mass is 79.9. The second-order valence-corrected chi connectivity index (χ2v) is 9.57. The number of benzene rings is 3. The zero-order valence-corrected chi connectivity index (χ0v) is 18.8. The van der Waals surface area contributed by atoms with E-state index in [0.29, 0.717) is 16.4 Å². The number of amides is 1. The maximum atomic E-state index is 13.2. The SMILES string of the molecule is O=C(CN(c1ccc(Br)cc1)S(=O)(=O)c1ccccc1)Nc1ccc(Cl)c(Cl)c1. The van der Waals surface area contributed by atoms with Gasteiger partial charge in [-0.3, -0.25) is 9.10 Å². The van der Waals surface area contributed by atoms with Crippen LogP contribution in [0.1, 0.15) is 0 Å². The highest BCUT2D eigenvalue weighted by Gasteiger charge is 2.27. The molecule has 1 amide bonds. The number of anilines is 2. The Morgan fingerprint density at radius 3 is 2.21 bits per heavy atom. The molecule has 0 aliphatic heterocycles. The average Bonchev–Trinajstić information content (AvgIpc) is 2.70. The minimum atomic E-state index is -3.96. The van der Waals surface area contributed by atoms with Crippen LogP contribution in [0.4, 0.5) is 11.4 Å². The molecule has 0 spiro atoms. The van der Waals surface area contributed by atoms with E-state index in [0.717, 1.165) is 8.78 Å². The molecule has 0 fully saturated rings. The third kappa shape index (κ3) is 5.30. The molecule has 0 aromatic heterocycles. The van der Waals surface area contributed by atoms with E-state index >= 15 is 0 Å². The number of halogens is 3. The summed E-state index contributed by atoms with van der Waals surface area (Å²) in [7, 11) is -3.96. The number of sulfonamides is 1. The summed E-state index contributed by atoms with van der Waals surface area (Å²) in [6.45, 7) is -0.418. The fraction of sp³-hybridized carbons (Fsp3) is 0.0500. The number of hydrogen-bond donors (Lipinski definition) is 1. The van der Waals surface area contributed by atoms with Crippen molar-refractivity contribution in [3.63, 3.8) is 0 Å². The van der Waals surface area contributed by atoms with Crippen molar-refractivity contribution in [1.29, 1.82) is 0 Å². The van der Waals surface area contributed by atoms with Gasteiger partial charge in [0, 0.05) is 10.2 Å². The van der Waals surface area contributed by atoms with Crippen LogP contribution in [0.25, 0.3) is 0 Å². The number of hydrogen-bond acceptors (Lipinski definition) is 3. The molecule has 3 aromatic rings. The minimum Gasteiger partial charge on any atom is -0.324 e. The van der Waals surface area contributed by atoms with Gasteiger partial charge >= 0.3 is 0 Å². The summed E-state index contributed by atoms with van der Waals surface area (Å²) in [5, 5.41) is 3.29. The van der Waals surface area contributed by atoms with Crippen molar-refractivity contribution in [1.82, 2.24) is 0 Å². The normalized spacial score (nSPS) is 11.1. The molecule has 9 heteroatoms. The highest BCUT2D eigenvalue weighted by molar-refractivity contribution is 9.10. The summed E-state index contributed by atoms with van der Waals surface area (Å²) in [6.07, 6.45) is 0. The molecule has 150 valence electrons. The zero-order chi connectivity index (χ0) is 21.0. The van der Waals surface area contributed by atoms with Crippen molar-refractivity contribution in [2.24, 2.45) is 0 Å². The van der Waals surface area contributed by atoms with Crippen molar-refractivity contribution >= 4 is 66.4 Å². The van der Waals surface area contributed by atoms with Gasteiger partial charge in [0.15, 0.2) is 0 Å². The average molecular weight is 514 g/mol. The van der Waals surface area contributed by atoms with Gasteiger partial charge in [-0.05, 0) is 54.6 Å². The third-order valence-electron chi connectivity index (χ3n) is 3.94. The number of nitrogens with zero attached hydrogens (tertiary/aromatic N) is 1. The summed E-state index contributed by atoms with van der Waals surface area (Å²) in [6, 6.07) is 19.2. The summed E-state index contributed by atoms with van der Waals surface area (Å²) >= 11 is 15.2. The summed E-state index contributed by atoms with van der Waals surface area (Å²) in [4.78, 5) is 12.7. The lowest BCUT2D eigenvalue weighted by molar-refractivity contribution is -0.114. The quantitative estimate of drug-likeness (QED) is 0.467. The molecule has 0 aliphatic carbocycles. The lowest BCUT2D eigenvalue weighted by Gasteiger charge is -2.24. The number of carbonyl (C=O) groups is 1. The molecule has 29 heavy (non-hydrogen) atoms. The lowest BCUT2D eigenvalue weighted by Crippen LogP contribution is -2.38. The van der Waals surface area contributed by atoms with Crippen molar-refractivity contribution in [2.75, 3.05) is 16.2 Å². The van der Waals surface area contributed by atoms with Crippen LogP contribution in [0.3, 0.4) is 0 Å². The highest BCUT2D eigenvalue weighted by Crippen LogP contribution is 2.27. The topological polar surface area (TPSA) is 66.5 Å². The van der Waals surface area contributed by atoms with Gasteiger partial charge in [0.05, 0.1) is 20.6 Å². The standard InChI is InChI=1S/C20H15BrCl2N2O3S/c21-14-6-9-16(10-7-14)25(29(27,28)17-4-2-1-3-5-17)13-20(26)24-15-8-11-18(22)19(23)12-15/h1-12H,13H2,(H,24,26). The smallest absolute Gasteiger partial charge is 0.264 e. The first-order valence-electron chi connectivity index (χ1n) is 8.35. The number of carbonyl (C=O) groups excluding carboxylic acids is 1. The molecule has 0 heterocycles. The molecule has 0 radical (unpaired) electrons. The van der Waals surface area contributed by atoms with Gasteiger partial charge in [0.2, 0.25) is 5.91 Å². The Morgan fingerprint density at radius 1 is 0.931 bits per heavy atom. The van der Waals surface area contributed by atoms with E-state index in [2.05, 4.69) is 21.2 Å². The second kappa shape index (κ2) is 9.17. The van der Waals surface area contributed by atoms with Crippen molar-refractivity contribution < 1.29 is 13.2 Å². The molecular weight excluding hydrogens is 499 g/mol. The van der Waals surface area contributed by atoms with E-state index in [1.807, 2.05) is 0 Å². The van der Waals surface area contributed by atoms with Crippen molar-refractivity contribution in [3.8, 4) is 0 Å². The number of rotatable bonds is 6. The molecule has 0 bridgehead atoms. The maximum Gasteiger partial charge on any atom is 0.264 e. The molecule has 0 saturated carbocycles. The summed E-state index contributed by atoms with van der Waals surface area (Å²) in [5.41, 5.74) is 0.776. The molecule has 3 rings (SSSR count). The fourth-order valence-electron chi connectivity index (χ4n) is 2.55. The van der Waals surface area contributed by atoms with Gasteiger partial charge in [-0.15, -0.1) is 0 Å². The fourth-order valence-corrected chi connectivity index (χ4v) is 4.55. The molecule has 5 nitrogen and oxygen atoms in total. The minimum absolute atomic E-state index is 0.0882. The predicted octanol–water partition coefficient (Wildman–Crippen LogP) is 5.59. The lowest BCUT2D eigenvalue weighted by atomic mass is 10.3. The van der Waals surface area contributed by atoms with Crippen molar-refractivity contribution in [3.05, 3.63) is 87.3 Å². The molecule has 0 saturated heterocycles. The van der Waals surface area contributed by atoms with Crippen LogP contribution in [0.15, 0.2) is 82.2 Å². The molecule has 0 unspecified atom stereocenters. The largest absolute Gasteiger partial charge is 0.324 e. The third-order valence-corrected chi connectivity index (χ3v) is 6.99. The van der Waals surface area contributed by atoms with Gasteiger partial charge in [-0.25, -0.2) is 8.42 Å². The van der Waals surface area contributed by atoms with Gasteiger partial charge in [0.1, 0.15) is 6.54 Å².